The van der Waals surface area contributed by atoms with Gasteiger partial charge in [0.1, 0.15) is 5.75 Å². The molecule has 1 saturated heterocycles. The lowest BCUT2D eigenvalue weighted by atomic mass is 9.92. The highest BCUT2D eigenvalue weighted by Gasteiger charge is 2.35. The summed E-state index contributed by atoms with van der Waals surface area (Å²) in [4.78, 5) is 0. The average molecular weight is 304 g/mol. The molecule has 6 heteroatoms. The number of benzene rings is 1. The van der Waals surface area contributed by atoms with Gasteiger partial charge in [-0.2, -0.15) is 0 Å². The molecule has 0 amide bonds. The van der Waals surface area contributed by atoms with Crippen LogP contribution in [0.5, 0.6) is 5.75 Å². The summed E-state index contributed by atoms with van der Waals surface area (Å²) >= 11 is 6.26. The molecule has 4 nitrogen and oxygen atoms in total. The number of rotatable bonds is 4. The van der Waals surface area contributed by atoms with E-state index in [0.29, 0.717) is 17.2 Å². The molecule has 1 aliphatic rings. The predicted molar refractivity (Wildman–Crippen MR) is 76.6 cm³/mol. The molecular weight excluding hydrogens is 286 g/mol. The molecule has 1 heterocycles. The van der Waals surface area contributed by atoms with Gasteiger partial charge in [-0.15, -0.1) is 0 Å². The van der Waals surface area contributed by atoms with Gasteiger partial charge in [0.25, 0.3) is 0 Å². The number of nitrogens with one attached hydrogen (secondary N) is 1. The third-order valence-corrected chi connectivity index (χ3v) is 5.72. The number of ether oxygens (including phenoxy) is 1. The third-order valence-electron chi connectivity index (χ3n) is 3.59. The summed E-state index contributed by atoms with van der Waals surface area (Å²) in [5.41, 5.74) is 0.844. The van der Waals surface area contributed by atoms with Crippen LogP contribution in [-0.2, 0) is 9.84 Å². The van der Waals surface area contributed by atoms with E-state index in [0.717, 1.165) is 5.56 Å². The second kappa shape index (κ2) is 5.69. The number of sulfone groups is 1. The van der Waals surface area contributed by atoms with E-state index in [1.54, 1.807) is 13.2 Å². The summed E-state index contributed by atoms with van der Waals surface area (Å²) in [7, 11) is 0.493. The van der Waals surface area contributed by atoms with Crippen LogP contribution in [0.15, 0.2) is 18.2 Å². The van der Waals surface area contributed by atoms with Crippen LogP contribution >= 0.6 is 11.6 Å². The van der Waals surface area contributed by atoms with Crippen LogP contribution in [0.3, 0.4) is 0 Å². The summed E-state index contributed by atoms with van der Waals surface area (Å²) in [6.07, 6.45) is 0.655. The van der Waals surface area contributed by atoms with Gasteiger partial charge in [0, 0.05) is 16.6 Å². The minimum Gasteiger partial charge on any atom is -0.496 e. The quantitative estimate of drug-likeness (QED) is 0.925. The Balaban J connectivity index is 2.38. The van der Waals surface area contributed by atoms with Gasteiger partial charge < -0.3 is 10.1 Å². The molecule has 0 spiro atoms. The first-order valence-corrected chi connectivity index (χ1v) is 8.38. The lowest BCUT2D eigenvalue weighted by Crippen LogP contribution is -2.27. The lowest BCUT2D eigenvalue weighted by Gasteiger charge is -2.25. The average Bonchev–Trinajstić information content (AvgIpc) is 2.72. The van der Waals surface area contributed by atoms with Gasteiger partial charge in [0.05, 0.1) is 18.6 Å². The van der Waals surface area contributed by atoms with Crippen molar-refractivity contribution in [2.75, 3.05) is 25.7 Å². The number of hydrogen-bond acceptors (Lipinski definition) is 4. The molecule has 1 aliphatic heterocycles. The molecule has 19 heavy (non-hydrogen) atoms. The van der Waals surface area contributed by atoms with Gasteiger partial charge >= 0.3 is 0 Å². The fraction of sp³-hybridized carbons (Fsp3) is 0.538. The summed E-state index contributed by atoms with van der Waals surface area (Å²) in [5, 5.41) is 3.78. The molecule has 1 fully saturated rings. The molecule has 2 rings (SSSR count). The second-order valence-corrected chi connectivity index (χ2v) is 7.42. The monoisotopic (exact) mass is 303 g/mol. The van der Waals surface area contributed by atoms with Gasteiger partial charge in [-0.05, 0) is 31.5 Å². The van der Waals surface area contributed by atoms with Crippen LogP contribution in [0, 0.1) is 5.92 Å². The summed E-state index contributed by atoms with van der Waals surface area (Å²) in [6, 6.07) is 5.35. The van der Waals surface area contributed by atoms with Crippen LogP contribution in [0.4, 0.5) is 0 Å². The van der Waals surface area contributed by atoms with E-state index in [9.17, 15) is 8.42 Å². The fourth-order valence-corrected chi connectivity index (χ4v) is 4.82. The van der Waals surface area contributed by atoms with Crippen molar-refractivity contribution in [2.45, 2.75) is 12.5 Å². The van der Waals surface area contributed by atoms with E-state index in [-0.39, 0.29) is 23.5 Å². The SMILES string of the molecule is CNC(c1c(Cl)cccc1OC)C1CCS(=O)(=O)C1. The molecule has 1 aromatic carbocycles. The smallest absolute Gasteiger partial charge is 0.150 e. The lowest BCUT2D eigenvalue weighted by molar-refractivity contribution is 0.373. The Morgan fingerprint density at radius 2 is 2.21 bits per heavy atom. The molecule has 0 bridgehead atoms. The first-order chi connectivity index (χ1) is 8.98. The molecular formula is C13H18ClNO3S. The Morgan fingerprint density at radius 1 is 1.47 bits per heavy atom. The Bertz CT molecular complexity index is 559. The second-order valence-electron chi connectivity index (χ2n) is 4.79. The molecule has 2 unspecified atom stereocenters. The van der Waals surface area contributed by atoms with Crippen LogP contribution < -0.4 is 10.1 Å². The molecule has 0 aliphatic carbocycles. The van der Waals surface area contributed by atoms with Crippen molar-refractivity contribution in [3.8, 4) is 5.75 Å². The van der Waals surface area contributed by atoms with Crippen molar-refractivity contribution in [3.05, 3.63) is 28.8 Å². The maximum absolute atomic E-state index is 11.6. The highest BCUT2D eigenvalue weighted by Crippen LogP contribution is 2.39. The zero-order chi connectivity index (χ0) is 14.0. The van der Waals surface area contributed by atoms with Crippen molar-refractivity contribution < 1.29 is 13.2 Å². The molecule has 1 aromatic rings. The number of methoxy groups -OCH3 is 1. The van der Waals surface area contributed by atoms with Crippen molar-refractivity contribution in [1.29, 1.82) is 0 Å². The van der Waals surface area contributed by atoms with E-state index in [4.69, 9.17) is 16.3 Å². The number of halogens is 1. The fourth-order valence-electron chi connectivity index (χ4n) is 2.70. The Morgan fingerprint density at radius 3 is 2.74 bits per heavy atom. The van der Waals surface area contributed by atoms with E-state index >= 15 is 0 Å². The molecule has 106 valence electrons. The highest BCUT2D eigenvalue weighted by molar-refractivity contribution is 7.91. The minimum absolute atomic E-state index is 0.0313. The highest BCUT2D eigenvalue weighted by atomic mass is 35.5. The number of hydrogen-bond donors (Lipinski definition) is 1. The standard InChI is InChI=1S/C13H18ClNO3S/c1-15-13(9-6-7-19(16,17)8-9)12-10(14)4-3-5-11(12)18-2/h3-5,9,13,15H,6-8H2,1-2H3. The van der Waals surface area contributed by atoms with Crippen molar-refractivity contribution in [3.63, 3.8) is 0 Å². The van der Waals surface area contributed by atoms with Gasteiger partial charge in [-0.25, -0.2) is 8.42 Å². The Labute approximate surface area is 119 Å². The largest absolute Gasteiger partial charge is 0.496 e. The maximum Gasteiger partial charge on any atom is 0.150 e. The normalized spacial score (nSPS) is 23.2. The first-order valence-electron chi connectivity index (χ1n) is 6.18. The maximum atomic E-state index is 11.6. The third kappa shape index (κ3) is 3.04. The van der Waals surface area contributed by atoms with E-state index in [1.807, 2.05) is 19.2 Å². The Kier molecular flexibility index (Phi) is 4.38. The van der Waals surface area contributed by atoms with Crippen LogP contribution in [0.1, 0.15) is 18.0 Å². The molecule has 0 radical (unpaired) electrons. The van der Waals surface area contributed by atoms with Gasteiger partial charge in [-0.1, -0.05) is 17.7 Å². The summed E-state index contributed by atoms with van der Waals surface area (Å²) in [5.74, 6) is 1.18. The molecule has 1 N–H and O–H groups in total. The zero-order valence-electron chi connectivity index (χ0n) is 11.0. The molecule has 0 saturated carbocycles. The van der Waals surface area contributed by atoms with E-state index in [2.05, 4.69) is 5.32 Å². The summed E-state index contributed by atoms with van der Waals surface area (Å²) in [6.45, 7) is 0. The van der Waals surface area contributed by atoms with Crippen molar-refractivity contribution in [2.24, 2.45) is 5.92 Å². The van der Waals surface area contributed by atoms with E-state index in [1.165, 1.54) is 0 Å². The van der Waals surface area contributed by atoms with Crippen molar-refractivity contribution >= 4 is 21.4 Å². The van der Waals surface area contributed by atoms with Crippen LogP contribution in [-0.4, -0.2) is 34.1 Å². The Hall–Kier alpha value is -0.780. The zero-order valence-corrected chi connectivity index (χ0v) is 12.6. The predicted octanol–water partition coefficient (Wildman–Crippen LogP) is 2.04. The van der Waals surface area contributed by atoms with Gasteiger partial charge in [-0.3, -0.25) is 0 Å². The van der Waals surface area contributed by atoms with Gasteiger partial charge in [0.15, 0.2) is 9.84 Å². The molecule has 0 aromatic heterocycles. The summed E-state index contributed by atoms with van der Waals surface area (Å²) < 4.78 is 28.6. The van der Waals surface area contributed by atoms with Crippen molar-refractivity contribution in [1.82, 2.24) is 5.32 Å². The molecule has 2 atom stereocenters. The van der Waals surface area contributed by atoms with Crippen LogP contribution in [0.25, 0.3) is 0 Å². The van der Waals surface area contributed by atoms with E-state index < -0.39 is 9.84 Å². The topological polar surface area (TPSA) is 55.4 Å². The van der Waals surface area contributed by atoms with Crippen LogP contribution in [0.2, 0.25) is 5.02 Å². The minimum atomic E-state index is -2.91. The van der Waals surface area contributed by atoms with Gasteiger partial charge in [0.2, 0.25) is 0 Å². The first kappa shape index (κ1) is 14.6.